The van der Waals surface area contributed by atoms with Gasteiger partial charge in [-0.15, -0.1) is 0 Å². The van der Waals surface area contributed by atoms with Crippen LogP contribution in [0.2, 0.25) is 0 Å². The summed E-state index contributed by atoms with van der Waals surface area (Å²) in [6.07, 6.45) is 9.04. The van der Waals surface area contributed by atoms with E-state index in [2.05, 4.69) is 9.97 Å². The fourth-order valence-corrected chi connectivity index (χ4v) is 4.04. The summed E-state index contributed by atoms with van der Waals surface area (Å²) in [5.41, 5.74) is 0.577. The molecule has 0 atom stereocenters. The predicted molar refractivity (Wildman–Crippen MR) is 108 cm³/mol. The Kier molecular flexibility index (Phi) is 5.52. The number of carbonyl (C=O) groups is 2. The van der Waals surface area contributed by atoms with Crippen LogP contribution in [0.15, 0.2) is 35.6 Å². The second-order valence-corrected chi connectivity index (χ2v) is 7.79. The lowest BCUT2D eigenvalue weighted by Gasteiger charge is -2.31. The smallest absolute Gasteiger partial charge is 0.272 e. The van der Waals surface area contributed by atoms with Gasteiger partial charge < -0.3 is 18.9 Å². The second-order valence-electron chi connectivity index (χ2n) is 7.79. The summed E-state index contributed by atoms with van der Waals surface area (Å²) in [5.74, 6) is -0.0106. The summed E-state index contributed by atoms with van der Waals surface area (Å²) < 4.78 is 16.5. The summed E-state index contributed by atoms with van der Waals surface area (Å²) in [7, 11) is 1.80. The van der Waals surface area contributed by atoms with Crippen molar-refractivity contribution >= 4 is 17.2 Å². The molecule has 1 saturated heterocycles. The van der Waals surface area contributed by atoms with Crippen LogP contribution in [-0.4, -0.2) is 48.6 Å². The number of hydrogen-bond acceptors (Lipinski definition) is 4. The van der Waals surface area contributed by atoms with E-state index in [0.29, 0.717) is 56.7 Å². The van der Waals surface area contributed by atoms with Crippen molar-refractivity contribution in [3.63, 3.8) is 0 Å². The van der Waals surface area contributed by atoms with Gasteiger partial charge in [-0.05, 0) is 25.7 Å². The molecule has 1 fully saturated rings. The first kappa shape index (κ1) is 20.1. The quantitative estimate of drug-likeness (QED) is 0.625. The van der Waals surface area contributed by atoms with Gasteiger partial charge >= 0.3 is 0 Å². The van der Waals surface area contributed by atoms with Gasteiger partial charge in [0.25, 0.3) is 5.56 Å². The van der Waals surface area contributed by atoms with Crippen molar-refractivity contribution < 1.29 is 14.0 Å². The fourth-order valence-electron chi connectivity index (χ4n) is 4.04. The van der Waals surface area contributed by atoms with Gasteiger partial charge in [0.1, 0.15) is 11.3 Å². The molecule has 158 valence electrons. The molecular formula is C21H24FN5O3. The molecule has 1 N–H and O–H groups in total. The number of halogens is 1. The molecule has 30 heavy (non-hydrogen) atoms. The number of fused-ring (bicyclic) bond motifs is 1. The molecule has 4 rings (SSSR count). The van der Waals surface area contributed by atoms with Crippen molar-refractivity contribution in [1.29, 1.82) is 0 Å². The third-order valence-corrected chi connectivity index (χ3v) is 5.71. The van der Waals surface area contributed by atoms with Crippen LogP contribution >= 0.6 is 0 Å². The SMILES string of the molecule is Cn1ccnc1C(=O)C1CCN(C(=O)CCCc2cn3cc(F)cc3c(=O)[nH]2)CC1. The molecule has 0 radical (unpaired) electrons. The molecule has 9 heteroatoms. The van der Waals surface area contributed by atoms with Crippen molar-refractivity contribution in [2.45, 2.75) is 32.1 Å². The van der Waals surface area contributed by atoms with E-state index in [-0.39, 0.29) is 28.7 Å². The Morgan fingerprint density at radius 1 is 1.27 bits per heavy atom. The van der Waals surface area contributed by atoms with E-state index in [1.54, 1.807) is 35.1 Å². The molecule has 3 aromatic rings. The van der Waals surface area contributed by atoms with Gasteiger partial charge in [0.15, 0.2) is 5.82 Å². The topological polar surface area (TPSA) is 92.5 Å². The first-order valence-corrected chi connectivity index (χ1v) is 10.1. The number of imidazole rings is 1. The summed E-state index contributed by atoms with van der Waals surface area (Å²) in [6, 6.07) is 1.19. The minimum Gasteiger partial charge on any atom is -0.343 e. The van der Waals surface area contributed by atoms with Crippen molar-refractivity contribution in [3.8, 4) is 0 Å². The van der Waals surface area contributed by atoms with Crippen LogP contribution in [0, 0.1) is 11.7 Å². The van der Waals surface area contributed by atoms with Gasteiger partial charge in [-0.25, -0.2) is 9.37 Å². The number of carbonyl (C=O) groups excluding carboxylic acids is 2. The van der Waals surface area contributed by atoms with Gasteiger partial charge in [-0.3, -0.25) is 14.4 Å². The third kappa shape index (κ3) is 4.05. The monoisotopic (exact) mass is 413 g/mol. The number of hydrogen-bond donors (Lipinski definition) is 1. The lowest BCUT2D eigenvalue weighted by molar-refractivity contribution is -0.132. The Morgan fingerprint density at radius 3 is 2.73 bits per heavy atom. The molecular weight excluding hydrogens is 389 g/mol. The molecule has 1 aliphatic heterocycles. The molecule has 0 saturated carbocycles. The Bertz CT molecular complexity index is 1140. The molecule has 4 heterocycles. The number of ketones is 1. The molecule has 0 spiro atoms. The minimum absolute atomic E-state index is 0.0374. The molecule has 1 aliphatic rings. The number of amides is 1. The average Bonchev–Trinajstić information content (AvgIpc) is 3.32. The van der Waals surface area contributed by atoms with Crippen LogP contribution < -0.4 is 5.56 Å². The number of likely N-dealkylation sites (tertiary alicyclic amines) is 1. The maximum atomic E-state index is 13.3. The van der Waals surface area contributed by atoms with Crippen LogP contribution in [0.4, 0.5) is 4.39 Å². The van der Waals surface area contributed by atoms with E-state index in [1.807, 2.05) is 0 Å². The zero-order chi connectivity index (χ0) is 21.3. The van der Waals surface area contributed by atoms with Crippen LogP contribution in [0.3, 0.4) is 0 Å². The largest absolute Gasteiger partial charge is 0.343 e. The van der Waals surface area contributed by atoms with Crippen molar-refractivity contribution in [3.05, 3.63) is 58.5 Å². The van der Waals surface area contributed by atoms with E-state index in [1.165, 1.54) is 16.7 Å². The van der Waals surface area contributed by atoms with E-state index in [9.17, 15) is 18.8 Å². The molecule has 0 unspecified atom stereocenters. The molecule has 1 amide bonds. The number of Topliss-reactive ketones (excluding diaryl/α,β-unsaturated/α-hetero) is 1. The molecule has 0 aliphatic carbocycles. The zero-order valence-electron chi connectivity index (χ0n) is 16.8. The average molecular weight is 413 g/mol. The number of piperidine rings is 1. The highest BCUT2D eigenvalue weighted by Gasteiger charge is 2.29. The Hall–Kier alpha value is -3.23. The van der Waals surface area contributed by atoms with Gasteiger partial charge in [0.05, 0.1) is 0 Å². The molecule has 0 bridgehead atoms. The summed E-state index contributed by atoms with van der Waals surface area (Å²) >= 11 is 0. The van der Waals surface area contributed by atoms with E-state index in [0.717, 1.165) is 0 Å². The Labute approximate surface area is 172 Å². The molecule has 0 aromatic carbocycles. The van der Waals surface area contributed by atoms with Crippen LogP contribution in [0.5, 0.6) is 0 Å². The summed E-state index contributed by atoms with van der Waals surface area (Å²) in [5, 5.41) is 0. The first-order valence-electron chi connectivity index (χ1n) is 10.1. The lowest BCUT2D eigenvalue weighted by Crippen LogP contribution is -2.40. The van der Waals surface area contributed by atoms with Gasteiger partial charge in [0.2, 0.25) is 11.7 Å². The summed E-state index contributed by atoms with van der Waals surface area (Å²) in [4.78, 5) is 45.8. The van der Waals surface area contributed by atoms with E-state index >= 15 is 0 Å². The van der Waals surface area contributed by atoms with Crippen LogP contribution in [0.25, 0.3) is 5.52 Å². The number of rotatable bonds is 6. The maximum absolute atomic E-state index is 13.3. The number of nitrogens with zero attached hydrogens (tertiary/aromatic N) is 4. The number of H-pyrrole nitrogens is 1. The van der Waals surface area contributed by atoms with E-state index < -0.39 is 5.82 Å². The molecule has 8 nitrogen and oxygen atoms in total. The van der Waals surface area contributed by atoms with Crippen LogP contribution in [-0.2, 0) is 18.3 Å². The number of aryl methyl sites for hydroxylation is 2. The fraction of sp³-hybridized carbons (Fsp3) is 0.429. The number of aromatic nitrogens is 4. The minimum atomic E-state index is -0.461. The maximum Gasteiger partial charge on any atom is 0.272 e. The Balaban J connectivity index is 1.27. The van der Waals surface area contributed by atoms with E-state index in [4.69, 9.17) is 0 Å². The van der Waals surface area contributed by atoms with Crippen LogP contribution in [0.1, 0.15) is 42.0 Å². The summed E-state index contributed by atoms with van der Waals surface area (Å²) in [6.45, 7) is 1.12. The Morgan fingerprint density at radius 2 is 2.03 bits per heavy atom. The highest BCUT2D eigenvalue weighted by atomic mass is 19.1. The van der Waals surface area contributed by atoms with Gasteiger partial charge in [-0.2, -0.15) is 0 Å². The van der Waals surface area contributed by atoms with Crippen molar-refractivity contribution in [2.24, 2.45) is 13.0 Å². The van der Waals surface area contributed by atoms with Gasteiger partial charge in [0, 0.05) is 69.0 Å². The standard InChI is InChI=1S/C21H24FN5O3/c1-25-10-7-23-20(25)19(29)14-5-8-26(9-6-14)18(28)4-2-3-16-13-27-12-15(22)11-17(27)21(30)24-16/h7,10-14H,2-6,8-9H2,1H3,(H,24,30). The molecule has 3 aromatic heterocycles. The second kappa shape index (κ2) is 8.25. The van der Waals surface area contributed by atoms with Crippen molar-refractivity contribution in [1.82, 2.24) is 23.8 Å². The lowest BCUT2D eigenvalue weighted by atomic mass is 9.92. The first-order chi connectivity index (χ1) is 14.4. The number of nitrogens with one attached hydrogen (secondary N) is 1. The van der Waals surface area contributed by atoms with Crippen molar-refractivity contribution in [2.75, 3.05) is 13.1 Å². The highest BCUT2D eigenvalue weighted by Crippen LogP contribution is 2.22. The normalized spacial score (nSPS) is 15.1. The highest BCUT2D eigenvalue weighted by molar-refractivity contribution is 5.95. The number of aromatic amines is 1. The third-order valence-electron chi connectivity index (χ3n) is 5.71. The van der Waals surface area contributed by atoms with Gasteiger partial charge in [-0.1, -0.05) is 0 Å². The zero-order valence-corrected chi connectivity index (χ0v) is 16.8. The predicted octanol–water partition coefficient (Wildman–Crippen LogP) is 1.94.